The lowest BCUT2D eigenvalue weighted by atomic mass is 9.97. The molecule has 2 heterocycles. The number of fused-ring (bicyclic) bond motifs is 1. The monoisotopic (exact) mass is 366 g/mol. The summed E-state index contributed by atoms with van der Waals surface area (Å²) in [5.41, 5.74) is 4.11. The second-order valence-corrected chi connectivity index (χ2v) is 7.30. The molecule has 1 aliphatic heterocycles. The lowest BCUT2D eigenvalue weighted by Gasteiger charge is -2.09. The van der Waals surface area contributed by atoms with Gasteiger partial charge >= 0.3 is 5.97 Å². The summed E-state index contributed by atoms with van der Waals surface area (Å²) in [6.45, 7) is 3.62. The fourth-order valence-electron chi connectivity index (χ4n) is 3.88. The Balaban J connectivity index is 1.38. The molecule has 4 rings (SSSR count). The number of rotatable bonds is 6. The lowest BCUT2D eigenvalue weighted by Crippen LogP contribution is -2.20. The zero-order valence-electron chi connectivity index (χ0n) is 15.5. The summed E-state index contributed by atoms with van der Waals surface area (Å²) in [5, 5.41) is 2.76. The van der Waals surface area contributed by atoms with Gasteiger partial charge in [0, 0.05) is 28.7 Å². The highest BCUT2D eigenvalue weighted by Gasteiger charge is 2.33. The van der Waals surface area contributed by atoms with Crippen LogP contribution in [0, 0.1) is 13.8 Å². The summed E-state index contributed by atoms with van der Waals surface area (Å²) in [5.74, 6) is -1.54. The van der Waals surface area contributed by atoms with Crippen LogP contribution in [0.3, 0.4) is 0 Å². The van der Waals surface area contributed by atoms with Crippen molar-refractivity contribution in [2.45, 2.75) is 45.1 Å². The zero-order chi connectivity index (χ0) is 19.1. The SMILES string of the molecule is Cc1cc(C(=O)COC(=O)C[C@@H]2C(=O)Nc3ccccc32)c(C)n1C1CC1. The minimum absolute atomic E-state index is 0.0722. The van der Waals surface area contributed by atoms with Crippen molar-refractivity contribution < 1.29 is 19.1 Å². The van der Waals surface area contributed by atoms with Crippen LogP contribution in [0.15, 0.2) is 30.3 Å². The Kier molecular flexibility index (Phi) is 4.34. The van der Waals surface area contributed by atoms with Gasteiger partial charge in [-0.3, -0.25) is 14.4 Å². The third-order valence-corrected chi connectivity index (χ3v) is 5.34. The fraction of sp³-hybridized carbons (Fsp3) is 0.381. The highest BCUT2D eigenvalue weighted by molar-refractivity contribution is 6.05. The number of ketones is 1. The molecule has 6 nitrogen and oxygen atoms in total. The van der Waals surface area contributed by atoms with Crippen molar-refractivity contribution in [3.05, 3.63) is 52.8 Å². The smallest absolute Gasteiger partial charge is 0.307 e. The number of esters is 1. The lowest BCUT2D eigenvalue weighted by molar-refractivity contribution is -0.144. The number of hydrogen-bond acceptors (Lipinski definition) is 4. The van der Waals surface area contributed by atoms with Crippen LogP contribution >= 0.6 is 0 Å². The third kappa shape index (κ3) is 3.27. The summed E-state index contributed by atoms with van der Waals surface area (Å²) < 4.78 is 7.38. The van der Waals surface area contributed by atoms with Crippen LogP contribution in [0.2, 0.25) is 0 Å². The zero-order valence-corrected chi connectivity index (χ0v) is 15.5. The number of aromatic nitrogens is 1. The van der Waals surface area contributed by atoms with E-state index >= 15 is 0 Å². The highest BCUT2D eigenvalue weighted by Crippen LogP contribution is 2.38. The molecule has 1 amide bonds. The van der Waals surface area contributed by atoms with Crippen molar-refractivity contribution >= 4 is 23.3 Å². The average Bonchev–Trinajstić information content (AvgIpc) is 3.36. The van der Waals surface area contributed by atoms with Crippen molar-refractivity contribution in [3.63, 3.8) is 0 Å². The molecule has 0 spiro atoms. The Morgan fingerprint density at radius 2 is 1.96 bits per heavy atom. The van der Waals surface area contributed by atoms with Crippen molar-refractivity contribution in [2.75, 3.05) is 11.9 Å². The molecule has 1 aromatic carbocycles. The molecule has 1 atom stereocenters. The van der Waals surface area contributed by atoms with E-state index in [9.17, 15) is 14.4 Å². The number of ether oxygens (including phenoxy) is 1. The largest absolute Gasteiger partial charge is 0.457 e. The van der Waals surface area contributed by atoms with Crippen LogP contribution in [0.5, 0.6) is 0 Å². The van der Waals surface area contributed by atoms with E-state index in [1.807, 2.05) is 38.1 Å². The number of para-hydroxylation sites is 1. The topological polar surface area (TPSA) is 77.4 Å². The summed E-state index contributed by atoms with van der Waals surface area (Å²) in [4.78, 5) is 36.8. The van der Waals surface area contributed by atoms with Crippen molar-refractivity contribution in [1.29, 1.82) is 0 Å². The molecule has 2 aliphatic rings. The second kappa shape index (κ2) is 6.68. The standard InChI is InChI=1S/C21H22N2O4/c1-12-9-16(13(2)23(12)14-7-8-14)19(24)11-27-20(25)10-17-15-5-3-4-6-18(15)22-21(17)26/h3-6,9,14,17H,7-8,10-11H2,1-2H3,(H,22,26)/t17-/m0/s1. The van der Waals surface area contributed by atoms with E-state index in [0.29, 0.717) is 11.6 Å². The molecule has 1 aromatic heterocycles. The minimum atomic E-state index is -0.566. The maximum Gasteiger partial charge on any atom is 0.307 e. The molecular weight excluding hydrogens is 344 g/mol. The number of carbonyl (C=O) groups is 3. The van der Waals surface area contributed by atoms with Gasteiger partial charge < -0.3 is 14.6 Å². The third-order valence-electron chi connectivity index (χ3n) is 5.34. The van der Waals surface area contributed by atoms with Gasteiger partial charge in [0.2, 0.25) is 11.7 Å². The summed E-state index contributed by atoms with van der Waals surface area (Å²) in [6.07, 6.45) is 2.21. The number of aryl methyl sites for hydroxylation is 1. The molecule has 140 valence electrons. The van der Waals surface area contributed by atoms with Crippen LogP contribution in [-0.4, -0.2) is 28.8 Å². The number of hydrogen-bond donors (Lipinski definition) is 1. The van der Waals surface area contributed by atoms with E-state index in [1.54, 1.807) is 6.07 Å². The quantitative estimate of drug-likeness (QED) is 0.629. The van der Waals surface area contributed by atoms with Crippen molar-refractivity contribution in [2.24, 2.45) is 0 Å². The Morgan fingerprint density at radius 1 is 1.22 bits per heavy atom. The van der Waals surface area contributed by atoms with Crippen molar-refractivity contribution in [1.82, 2.24) is 4.57 Å². The summed E-state index contributed by atoms with van der Waals surface area (Å²) in [7, 11) is 0. The second-order valence-electron chi connectivity index (χ2n) is 7.30. The number of nitrogens with one attached hydrogen (secondary N) is 1. The molecule has 0 saturated heterocycles. The van der Waals surface area contributed by atoms with Crippen molar-refractivity contribution in [3.8, 4) is 0 Å². The predicted octanol–water partition coefficient (Wildman–Crippen LogP) is 3.29. The van der Waals surface area contributed by atoms with Crippen LogP contribution in [-0.2, 0) is 14.3 Å². The Bertz CT molecular complexity index is 940. The molecule has 1 N–H and O–H groups in total. The van der Waals surface area contributed by atoms with Gasteiger partial charge in [-0.25, -0.2) is 0 Å². The molecular formula is C21H22N2O4. The van der Waals surface area contributed by atoms with Gasteiger partial charge in [-0.2, -0.15) is 0 Å². The molecule has 0 radical (unpaired) electrons. The van der Waals surface area contributed by atoms with Gasteiger partial charge in [0.1, 0.15) is 0 Å². The predicted molar refractivity (Wildman–Crippen MR) is 99.9 cm³/mol. The molecule has 6 heteroatoms. The average molecular weight is 366 g/mol. The van der Waals surface area contributed by atoms with Gasteiger partial charge in [-0.15, -0.1) is 0 Å². The maximum atomic E-state index is 12.5. The minimum Gasteiger partial charge on any atom is -0.457 e. The van der Waals surface area contributed by atoms with Crippen LogP contribution in [0.4, 0.5) is 5.69 Å². The Labute approximate surface area is 157 Å². The van der Waals surface area contributed by atoms with E-state index in [2.05, 4.69) is 9.88 Å². The summed E-state index contributed by atoms with van der Waals surface area (Å²) in [6, 6.07) is 9.65. The first kappa shape index (κ1) is 17.5. The summed E-state index contributed by atoms with van der Waals surface area (Å²) >= 11 is 0. The Morgan fingerprint density at radius 3 is 2.70 bits per heavy atom. The number of anilines is 1. The molecule has 0 bridgehead atoms. The van der Waals surface area contributed by atoms with E-state index < -0.39 is 11.9 Å². The molecule has 2 aromatic rings. The first-order valence-corrected chi connectivity index (χ1v) is 9.22. The maximum absolute atomic E-state index is 12.5. The first-order chi connectivity index (χ1) is 13.0. The number of nitrogens with zero attached hydrogens (tertiary/aromatic N) is 1. The number of Topliss-reactive ketones (excluding diaryl/α,β-unsaturated/α-hetero) is 1. The molecule has 27 heavy (non-hydrogen) atoms. The highest BCUT2D eigenvalue weighted by atomic mass is 16.5. The van der Waals surface area contributed by atoms with E-state index in [4.69, 9.17) is 4.74 Å². The first-order valence-electron chi connectivity index (χ1n) is 9.22. The van der Waals surface area contributed by atoms with E-state index in [0.717, 1.165) is 35.5 Å². The van der Waals surface area contributed by atoms with Crippen LogP contribution in [0.1, 0.15) is 58.5 Å². The molecule has 1 aliphatic carbocycles. The van der Waals surface area contributed by atoms with Crippen LogP contribution < -0.4 is 5.32 Å². The number of amides is 1. The molecule has 1 saturated carbocycles. The van der Waals surface area contributed by atoms with Gasteiger partial charge in [0.15, 0.2) is 6.61 Å². The van der Waals surface area contributed by atoms with Gasteiger partial charge in [0.05, 0.1) is 12.3 Å². The number of benzene rings is 1. The van der Waals surface area contributed by atoms with E-state index in [-0.39, 0.29) is 24.7 Å². The van der Waals surface area contributed by atoms with Gasteiger partial charge in [-0.1, -0.05) is 18.2 Å². The fourth-order valence-corrected chi connectivity index (χ4v) is 3.88. The normalized spacial score (nSPS) is 18.1. The number of carbonyl (C=O) groups excluding carboxylic acids is 3. The Hall–Kier alpha value is -2.89. The molecule has 0 unspecified atom stereocenters. The molecule has 1 fully saturated rings. The van der Waals surface area contributed by atoms with Gasteiger partial charge in [0.25, 0.3) is 0 Å². The van der Waals surface area contributed by atoms with Gasteiger partial charge in [-0.05, 0) is 44.4 Å². The van der Waals surface area contributed by atoms with Crippen LogP contribution in [0.25, 0.3) is 0 Å². The van der Waals surface area contributed by atoms with E-state index in [1.165, 1.54) is 0 Å².